The summed E-state index contributed by atoms with van der Waals surface area (Å²) in [5, 5.41) is 3.41. The molecule has 0 heterocycles. The molecule has 0 spiro atoms. The van der Waals surface area contributed by atoms with Gasteiger partial charge in [0.25, 0.3) is 0 Å². The number of aryl methyl sites for hydroxylation is 1. The Morgan fingerprint density at radius 1 is 1.10 bits per heavy atom. The molecule has 0 saturated carbocycles. The van der Waals surface area contributed by atoms with Gasteiger partial charge in [0.1, 0.15) is 0 Å². The third-order valence-electron chi connectivity index (χ3n) is 3.48. The second-order valence-electron chi connectivity index (χ2n) is 5.11. The highest BCUT2D eigenvalue weighted by atomic mass is 15.1. The summed E-state index contributed by atoms with van der Waals surface area (Å²) >= 11 is 0. The summed E-state index contributed by atoms with van der Waals surface area (Å²) < 4.78 is 0. The molecule has 0 amide bonds. The molecule has 3 nitrogen and oxygen atoms in total. The van der Waals surface area contributed by atoms with Gasteiger partial charge < -0.3 is 16.0 Å². The van der Waals surface area contributed by atoms with Gasteiger partial charge in [-0.1, -0.05) is 24.3 Å². The smallest absolute Gasteiger partial charge is 0.0364 e. The van der Waals surface area contributed by atoms with Crippen LogP contribution in [0.15, 0.2) is 48.5 Å². The van der Waals surface area contributed by atoms with E-state index >= 15 is 0 Å². The van der Waals surface area contributed by atoms with Gasteiger partial charge in [0.05, 0.1) is 0 Å². The second kappa shape index (κ2) is 6.85. The largest absolute Gasteiger partial charge is 0.398 e. The highest BCUT2D eigenvalue weighted by Gasteiger charge is 2.00. The normalized spacial score (nSPS) is 10.3. The molecule has 0 unspecified atom stereocenters. The molecule has 0 fully saturated rings. The van der Waals surface area contributed by atoms with Crippen LogP contribution in [0.25, 0.3) is 0 Å². The van der Waals surface area contributed by atoms with E-state index in [0.717, 1.165) is 36.4 Å². The minimum absolute atomic E-state index is 0.844. The summed E-state index contributed by atoms with van der Waals surface area (Å²) in [7, 11) is 2.12. The Morgan fingerprint density at radius 2 is 1.85 bits per heavy atom. The van der Waals surface area contributed by atoms with Crippen LogP contribution in [0.5, 0.6) is 0 Å². The van der Waals surface area contributed by atoms with Gasteiger partial charge in [0.2, 0.25) is 0 Å². The van der Waals surface area contributed by atoms with Crippen molar-refractivity contribution in [1.29, 1.82) is 0 Å². The van der Waals surface area contributed by atoms with Crippen LogP contribution in [0.4, 0.5) is 17.1 Å². The number of nitrogens with two attached hydrogens (primary N) is 1. The first-order valence-electron chi connectivity index (χ1n) is 7.03. The lowest BCUT2D eigenvalue weighted by Crippen LogP contribution is -2.20. The first kappa shape index (κ1) is 14.3. The maximum absolute atomic E-state index is 5.90. The van der Waals surface area contributed by atoms with Crippen molar-refractivity contribution < 1.29 is 0 Å². The fourth-order valence-electron chi connectivity index (χ4n) is 2.11. The number of para-hydroxylation sites is 1. The predicted octanol–water partition coefficient (Wildman–Crippen LogP) is 3.52. The third kappa shape index (κ3) is 3.92. The van der Waals surface area contributed by atoms with Crippen LogP contribution in [-0.2, 0) is 0 Å². The molecule has 0 aliphatic heterocycles. The third-order valence-corrected chi connectivity index (χ3v) is 3.48. The molecule has 0 aromatic heterocycles. The molecular weight excluding hydrogens is 246 g/mol. The van der Waals surface area contributed by atoms with Gasteiger partial charge in [0.15, 0.2) is 0 Å². The summed E-state index contributed by atoms with van der Waals surface area (Å²) in [5.41, 5.74) is 10.2. The molecular formula is C17H23N3. The summed E-state index contributed by atoms with van der Waals surface area (Å²) in [6, 6.07) is 16.6. The van der Waals surface area contributed by atoms with Crippen molar-refractivity contribution >= 4 is 17.1 Å². The van der Waals surface area contributed by atoms with Gasteiger partial charge in [0, 0.05) is 37.2 Å². The minimum atomic E-state index is 0.844. The van der Waals surface area contributed by atoms with Crippen LogP contribution < -0.4 is 16.0 Å². The maximum atomic E-state index is 5.90. The molecule has 3 heteroatoms. The average Bonchev–Trinajstić information content (AvgIpc) is 2.48. The number of nitrogens with one attached hydrogen (secondary N) is 1. The van der Waals surface area contributed by atoms with Gasteiger partial charge in [-0.3, -0.25) is 0 Å². The Labute approximate surface area is 121 Å². The lowest BCUT2D eigenvalue weighted by Gasteiger charge is -2.19. The average molecular weight is 269 g/mol. The van der Waals surface area contributed by atoms with Crippen molar-refractivity contribution in [3.8, 4) is 0 Å². The van der Waals surface area contributed by atoms with Crippen molar-refractivity contribution in [2.24, 2.45) is 0 Å². The molecule has 0 atom stereocenters. The molecule has 0 saturated heterocycles. The van der Waals surface area contributed by atoms with E-state index < -0.39 is 0 Å². The molecule has 0 aliphatic rings. The number of hydrogen-bond donors (Lipinski definition) is 2. The van der Waals surface area contributed by atoms with E-state index in [1.54, 1.807) is 0 Å². The number of anilines is 3. The Morgan fingerprint density at radius 3 is 2.55 bits per heavy atom. The summed E-state index contributed by atoms with van der Waals surface area (Å²) in [6.07, 6.45) is 1.08. The molecule has 0 radical (unpaired) electrons. The molecule has 2 aromatic rings. The van der Waals surface area contributed by atoms with Gasteiger partial charge in [-0.2, -0.15) is 0 Å². The van der Waals surface area contributed by atoms with Crippen molar-refractivity contribution in [3.63, 3.8) is 0 Å². The van der Waals surface area contributed by atoms with Gasteiger partial charge in [-0.15, -0.1) is 0 Å². The lowest BCUT2D eigenvalue weighted by molar-refractivity contribution is 0.816. The highest BCUT2D eigenvalue weighted by Crippen LogP contribution is 2.17. The molecule has 2 aromatic carbocycles. The van der Waals surface area contributed by atoms with Crippen molar-refractivity contribution in [3.05, 3.63) is 54.1 Å². The zero-order valence-corrected chi connectivity index (χ0v) is 12.3. The van der Waals surface area contributed by atoms with E-state index in [9.17, 15) is 0 Å². The molecule has 0 aliphatic carbocycles. The van der Waals surface area contributed by atoms with E-state index in [0.29, 0.717) is 0 Å². The number of benzene rings is 2. The molecule has 20 heavy (non-hydrogen) atoms. The first-order valence-corrected chi connectivity index (χ1v) is 7.03. The predicted molar refractivity (Wildman–Crippen MR) is 88.4 cm³/mol. The fraction of sp³-hybridized carbons (Fsp3) is 0.294. The van der Waals surface area contributed by atoms with Crippen LogP contribution in [0, 0.1) is 6.92 Å². The van der Waals surface area contributed by atoms with Gasteiger partial charge in [-0.05, 0) is 43.2 Å². The number of hydrogen-bond acceptors (Lipinski definition) is 3. The van der Waals surface area contributed by atoms with Crippen LogP contribution in [-0.4, -0.2) is 20.1 Å². The molecule has 0 bridgehead atoms. The Hall–Kier alpha value is -2.16. The second-order valence-corrected chi connectivity index (χ2v) is 5.11. The Kier molecular flexibility index (Phi) is 4.88. The molecule has 2 rings (SSSR count). The zero-order valence-electron chi connectivity index (χ0n) is 12.3. The number of nitrogens with zero attached hydrogens (tertiary/aromatic N) is 1. The summed E-state index contributed by atoms with van der Waals surface area (Å²) in [6.45, 7) is 3.99. The molecule has 3 N–H and O–H groups in total. The zero-order chi connectivity index (χ0) is 14.4. The van der Waals surface area contributed by atoms with E-state index in [1.165, 1.54) is 5.69 Å². The van der Waals surface area contributed by atoms with Crippen LogP contribution in [0.2, 0.25) is 0 Å². The standard InChI is InChI=1S/C17H23N3/c1-14-9-10-15(13-17(14)18)19-11-6-12-20(2)16-7-4-3-5-8-16/h3-5,7-10,13,19H,6,11-12,18H2,1-2H3. The summed E-state index contributed by atoms with van der Waals surface area (Å²) in [4.78, 5) is 2.27. The number of nitrogen functional groups attached to an aromatic ring is 1. The number of rotatable bonds is 6. The topological polar surface area (TPSA) is 41.3 Å². The van der Waals surface area contributed by atoms with Crippen LogP contribution >= 0.6 is 0 Å². The van der Waals surface area contributed by atoms with E-state index in [2.05, 4.69) is 47.6 Å². The van der Waals surface area contributed by atoms with Crippen molar-refractivity contribution in [1.82, 2.24) is 0 Å². The Balaban J connectivity index is 1.75. The Bertz CT molecular complexity index is 537. The van der Waals surface area contributed by atoms with E-state index in [-0.39, 0.29) is 0 Å². The van der Waals surface area contributed by atoms with E-state index in [4.69, 9.17) is 5.73 Å². The van der Waals surface area contributed by atoms with Crippen LogP contribution in [0.3, 0.4) is 0 Å². The van der Waals surface area contributed by atoms with Crippen molar-refractivity contribution in [2.75, 3.05) is 36.1 Å². The minimum Gasteiger partial charge on any atom is -0.398 e. The lowest BCUT2D eigenvalue weighted by atomic mass is 10.2. The molecule has 106 valence electrons. The quantitative estimate of drug-likeness (QED) is 0.623. The van der Waals surface area contributed by atoms with Gasteiger partial charge in [-0.25, -0.2) is 0 Å². The first-order chi connectivity index (χ1) is 9.66. The maximum Gasteiger partial charge on any atom is 0.0364 e. The monoisotopic (exact) mass is 269 g/mol. The fourth-order valence-corrected chi connectivity index (χ4v) is 2.11. The highest BCUT2D eigenvalue weighted by molar-refractivity contribution is 5.58. The van der Waals surface area contributed by atoms with Crippen LogP contribution in [0.1, 0.15) is 12.0 Å². The van der Waals surface area contributed by atoms with E-state index in [1.807, 2.05) is 25.1 Å². The van der Waals surface area contributed by atoms with Gasteiger partial charge >= 0.3 is 0 Å². The SMILES string of the molecule is Cc1ccc(NCCCN(C)c2ccccc2)cc1N. The van der Waals surface area contributed by atoms with Crippen molar-refractivity contribution in [2.45, 2.75) is 13.3 Å². The summed E-state index contributed by atoms with van der Waals surface area (Å²) in [5.74, 6) is 0.